The van der Waals surface area contributed by atoms with Crippen LogP contribution in [0, 0.1) is 40.4 Å². The maximum Gasteiger partial charge on any atom is 0.471 e. The van der Waals surface area contributed by atoms with Gasteiger partial charge in [-0.3, -0.25) is 9.63 Å². The summed E-state index contributed by atoms with van der Waals surface area (Å²) in [7, 11) is 2.46. The fourth-order valence-corrected chi connectivity index (χ4v) is 8.88. The van der Waals surface area contributed by atoms with Gasteiger partial charge >= 0.3 is 18.2 Å². The highest BCUT2D eigenvalue weighted by Gasteiger charge is 2.60. The number of fused-ring (bicyclic) bond motifs is 5. The van der Waals surface area contributed by atoms with Gasteiger partial charge < -0.3 is 14.9 Å². The lowest BCUT2D eigenvalue weighted by molar-refractivity contribution is -0.184. The summed E-state index contributed by atoms with van der Waals surface area (Å²) in [5, 5.41) is 14.5. The van der Waals surface area contributed by atoms with E-state index in [0.29, 0.717) is 34.0 Å². The number of hydrogen-bond donors (Lipinski definition) is 1. The number of nitrogens with zero attached hydrogens (tertiary/aromatic N) is 3. The molecule has 7 nitrogen and oxygen atoms in total. The molecule has 0 saturated heterocycles. The molecule has 4 aliphatic carbocycles. The Morgan fingerprint density at radius 2 is 1.58 bits per heavy atom. The van der Waals surface area contributed by atoms with Crippen LogP contribution in [0.2, 0.25) is 0 Å². The van der Waals surface area contributed by atoms with Crippen LogP contribution in [-0.2, 0) is 9.63 Å². The Kier molecular flexibility index (Phi) is 8.15. The zero-order chi connectivity index (χ0) is 28.0. The van der Waals surface area contributed by atoms with E-state index in [1.165, 1.54) is 26.3 Å². The topological polar surface area (TPSA) is 82.4 Å². The van der Waals surface area contributed by atoms with Crippen molar-refractivity contribution in [3.63, 3.8) is 0 Å². The van der Waals surface area contributed by atoms with Gasteiger partial charge in [-0.1, -0.05) is 19.0 Å². The van der Waals surface area contributed by atoms with Gasteiger partial charge in [0.2, 0.25) is 0 Å². The minimum Gasteiger partial charge on any atom is -0.393 e. The Bertz CT molecular complexity index is 943. The number of alkyl halides is 3. The zero-order valence-corrected chi connectivity index (χ0v) is 23.4. The van der Waals surface area contributed by atoms with E-state index in [1.807, 2.05) is 6.92 Å². The van der Waals surface area contributed by atoms with Crippen LogP contribution in [0.25, 0.3) is 0 Å². The second kappa shape index (κ2) is 10.6. The normalized spacial score (nSPS) is 39.0. The molecule has 4 rings (SSSR count). The lowest BCUT2D eigenvalue weighted by Crippen LogP contribution is -2.54. The van der Waals surface area contributed by atoms with Gasteiger partial charge in [-0.15, -0.1) is 0 Å². The summed E-state index contributed by atoms with van der Waals surface area (Å²) in [4.78, 5) is 30.6. The molecule has 0 aromatic carbocycles. The van der Waals surface area contributed by atoms with Gasteiger partial charge in [0.15, 0.2) is 0 Å². The van der Waals surface area contributed by atoms with Crippen LogP contribution in [0.1, 0.15) is 78.6 Å². The van der Waals surface area contributed by atoms with Crippen molar-refractivity contribution in [2.45, 2.75) is 90.8 Å². The lowest BCUT2D eigenvalue weighted by Gasteiger charge is -2.61. The molecule has 0 spiro atoms. The van der Waals surface area contributed by atoms with Gasteiger partial charge in [0.25, 0.3) is 0 Å². The number of hydrogen-bond acceptors (Lipinski definition) is 5. The van der Waals surface area contributed by atoms with Gasteiger partial charge in [0.1, 0.15) is 0 Å². The standard InChI is InChI=1S/C28H44F3N3O4/c1-17(32-38-25(37)34(5)15-14-33(4)24(36)28(29,30)31)21-8-9-22-20-7-6-18-16-19(35)10-12-26(18,2)23(20)11-13-27(21,22)3/h18-23,35H,6-16H2,1-5H3/b32-17+/t18?,19?,20-,21+,22-,23-,26-,27+/m0/s1. The molecule has 0 aromatic heterocycles. The summed E-state index contributed by atoms with van der Waals surface area (Å²) >= 11 is 0. The van der Waals surface area contributed by atoms with Gasteiger partial charge in [-0.2, -0.15) is 13.2 Å². The minimum atomic E-state index is -4.94. The second-order valence-electron chi connectivity index (χ2n) is 13.0. The zero-order valence-electron chi connectivity index (χ0n) is 23.4. The van der Waals surface area contributed by atoms with Crippen molar-refractivity contribution < 1.29 is 32.7 Å². The van der Waals surface area contributed by atoms with Crippen LogP contribution in [0.4, 0.5) is 18.0 Å². The van der Waals surface area contributed by atoms with Gasteiger partial charge in [0.05, 0.1) is 11.8 Å². The average Bonchev–Trinajstić information content (AvgIpc) is 3.22. The van der Waals surface area contributed by atoms with Crippen molar-refractivity contribution in [2.24, 2.45) is 45.6 Å². The highest BCUT2D eigenvalue weighted by molar-refractivity contribution is 5.85. The summed E-state index contributed by atoms with van der Waals surface area (Å²) in [6, 6.07) is 0. The molecule has 10 heteroatoms. The fourth-order valence-electron chi connectivity index (χ4n) is 8.88. The summed E-state index contributed by atoms with van der Waals surface area (Å²) in [6.45, 7) is 6.40. The molecular weight excluding hydrogens is 499 g/mol. The Balaban J connectivity index is 1.35. The van der Waals surface area contributed by atoms with Crippen molar-refractivity contribution in [2.75, 3.05) is 27.2 Å². The van der Waals surface area contributed by atoms with Crippen LogP contribution in [-0.4, -0.2) is 72.1 Å². The molecule has 4 fully saturated rings. The molecule has 8 atom stereocenters. The Labute approximate surface area is 224 Å². The number of likely N-dealkylation sites (N-methyl/N-ethyl adjacent to an activating group) is 2. The molecule has 0 radical (unpaired) electrons. The third-order valence-electron chi connectivity index (χ3n) is 11.1. The number of rotatable bonds is 5. The molecule has 0 bridgehead atoms. The molecular formula is C28H44F3N3O4. The lowest BCUT2D eigenvalue weighted by atomic mass is 9.44. The fraction of sp³-hybridized carbons (Fsp3) is 0.893. The largest absolute Gasteiger partial charge is 0.471 e. The van der Waals surface area contributed by atoms with E-state index < -0.39 is 18.2 Å². The smallest absolute Gasteiger partial charge is 0.393 e. The van der Waals surface area contributed by atoms with E-state index in [1.54, 1.807) is 0 Å². The van der Waals surface area contributed by atoms with Gasteiger partial charge in [-0.05, 0) is 99.2 Å². The number of halogens is 3. The quantitative estimate of drug-likeness (QED) is 0.283. The van der Waals surface area contributed by atoms with E-state index in [4.69, 9.17) is 4.84 Å². The van der Waals surface area contributed by atoms with Crippen molar-refractivity contribution in [3.05, 3.63) is 0 Å². The van der Waals surface area contributed by atoms with Crippen molar-refractivity contribution >= 4 is 17.7 Å². The van der Waals surface area contributed by atoms with E-state index in [-0.39, 0.29) is 30.5 Å². The number of carbonyl (C=O) groups excluding carboxylic acids is 2. The molecule has 0 aliphatic heterocycles. The van der Waals surface area contributed by atoms with Crippen molar-refractivity contribution in [1.29, 1.82) is 0 Å². The SMILES string of the molecule is C/C(=N\OC(=O)N(C)CCN(C)C(=O)C(F)(F)F)[C@H]1CC[C@H]2[C@@H]3CCC4CC(O)CC[C@]4(C)[C@H]3CC[C@]12C. The van der Waals surface area contributed by atoms with Crippen molar-refractivity contribution in [1.82, 2.24) is 9.80 Å². The molecule has 4 saturated carbocycles. The number of aliphatic hydroxyl groups excluding tert-OH is 1. The Morgan fingerprint density at radius 1 is 0.947 bits per heavy atom. The Morgan fingerprint density at radius 3 is 2.26 bits per heavy atom. The first kappa shape index (κ1) is 29.2. The second-order valence-corrected chi connectivity index (χ2v) is 13.0. The van der Waals surface area contributed by atoms with Crippen LogP contribution in [0.5, 0.6) is 0 Å². The molecule has 2 unspecified atom stereocenters. The van der Waals surface area contributed by atoms with Crippen LogP contribution in [0.15, 0.2) is 5.16 Å². The first-order chi connectivity index (χ1) is 17.7. The van der Waals surface area contributed by atoms with E-state index in [2.05, 4.69) is 19.0 Å². The molecule has 38 heavy (non-hydrogen) atoms. The molecule has 2 amide bonds. The molecule has 216 valence electrons. The summed E-state index contributed by atoms with van der Waals surface area (Å²) in [5.41, 5.74) is 1.22. The predicted octanol–water partition coefficient (Wildman–Crippen LogP) is 5.47. The Hall–Kier alpha value is -1.84. The van der Waals surface area contributed by atoms with E-state index >= 15 is 0 Å². The molecule has 0 heterocycles. The average molecular weight is 544 g/mol. The van der Waals surface area contributed by atoms with Crippen LogP contribution >= 0.6 is 0 Å². The molecule has 0 aromatic rings. The highest BCUT2D eigenvalue weighted by Crippen LogP contribution is 2.67. The maximum absolute atomic E-state index is 12.6. The first-order valence-electron chi connectivity index (χ1n) is 14.2. The monoisotopic (exact) mass is 543 g/mol. The molecule has 1 N–H and O–H groups in total. The summed E-state index contributed by atoms with van der Waals surface area (Å²) in [5.74, 6) is 0.905. The highest BCUT2D eigenvalue weighted by atomic mass is 19.4. The van der Waals surface area contributed by atoms with Crippen LogP contribution in [0.3, 0.4) is 0 Å². The summed E-state index contributed by atoms with van der Waals surface area (Å²) < 4.78 is 37.7. The first-order valence-corrected chi connectivity index (χ1v) is 14.2. The molecule has 4 aliphatic rings. The predicted molar refractivity (Wildman–Crippen MR) is 137 cm³/mol. The number of amides is 2. The third-order valence-corrected chi connectivity index (χ3v) is 11.1. The van der Waals surface area contributed by atoms with Crippen molar-refractivity contribution in [3.8, 4) is 0 Å². The van der Waals surface area contributed by atoms with Gasteiger partial charge in [0, 0.05) is 33.1 Å². The number of carbonyl (C=O) groups is 2. The van der Waals surface area contributed by atoms with Gasteiger partial charge in [-0.25, -0.2) is 4.79 Å². The third kappa shape index (κ3) is 5.30. The summed E-state index contributed by atoms with van der Waals surface area (Å²) in [6.07, 6.45) is 4.04. The number of aliphatic hydroxyl groups is 1. The number of oxime groups is 1. The van der Waals surface area contributed by atoms with E-state index in [9.17, 15) is 27.9 Å². The van der Waals surface area contributed by atoms with Crippen LogP contribution < -0.4 is 0 Å². The minimum absolute atomic E-state index is 0.102. The van der Waals surface area contributed by atoms with E-state index in [0.717, 1.165) is 56.2 Å². The maximum atomic E-state index is 12.6.